The number of aromatic amines is 1. The number of carbonyl (C=O) groups is 2. The monoisotopic (exact) mass is 491 g/mol. The molecular formula is C27H33N5O4. The van der Waals surface area contributed by atoms with Gasteiger partial charge in [-0.25, -0.2) is 9.78 Å². The first-order valence-corrected chi connectivity index (χ1v) is 12.1. The van der Waals surface area contributed by atoms with Crippen LogP contribution in [0.1, 0.15) is 36.3 Å². The summed E-state index contributed by atoms with van der Waals surface area (Å²) in [6.07, 6.45) is 5.45. The number of fused-ring (bicyclic) bond motifs is 2. The third kappa shape index (κ3) is 5.21. The molecule has 36 heavy (non-hydrogen) atoms. The maximum absolute atomic E-state index is 13.0. The van der Waals surface area contributed by atoms with Crippen LogP contribution in [0.2, 0.25) is 0 Å². The quantitative estimate of drug-likeness (QED) is 0.265. The number of pyridine rings is 1. The number of methoxy groups -OCH3 is 2. The molecule has 0 aliphatic carbocycles. The Bertz CT molecular complexity index is 1370. The molecule has 1 amide bonds. The number of amides is 1. The fraction of sp³-hybridized carbons (Fsp3) is 0.370. The summed E-state index contributed by atoms with van der Waals surface area (Å²) in [5.41, 5.74) is 4.22. The van der Waals surface area contributed by atoms with Crippen LogP contribution in [0.4, 0.5) is 11.4 Å². The van der Waals surface area contributed by atoms with Gasteiger partial charge in [-0.3, -0.25) is 4.79 Å². The van der Waals surface area contributed by atoms with E-state index in [1.807, 2.05) is 35.0 Å². The van der Waals surface area contributed by atoms with Crippen molar-refractivity contribution in [2.75, 3.05) is 38.0 Å². The van der Waals surface area contributed by atoms with Crippen LogP contribution in [0, 0.1) is 5.92 Å². The summed E-state index contributed by atoms with van der Waals surface area (Å²) >= 11 is 0. The highest BCUT2D eigenvalue weighted by Gasteiger charge is 2.26. The molecule has 0 saturated carbocycles. The number of para-hydroxylation sites is 1. The van der Waals surface area contributed by atoms with Crippen molar-refractivity contribution >= 4 is 45.2 Å². The van der Waals surface area contributed by atoms with Crippen molar-refractivity contribution in [1.82, 2.24) is 14.5 Å². The van der Waals surface area contributed by atoms with E-state index in [0.29, 0.717) is 35.6 Å². The van der Waals surface area contributed by atoms with E-state index in [4.69, 9.17) is 14.5 Å². The van der Waals surface area contributed by atoms with Gasteiger partial charge >= 0.3 is 5.97 Å². The second-order valence-corrected chi connectivity index (χ2v) is 8.95. The van der Waals surface area contributed by atoms with E-state index in [1.165, 1.54) is 14.2 Å². The highest BCUT2D eigenvalue weighted by Crippen LogP contribution is 2.33. The molecule has 190 valence electrons. The summed E-state index contributed by atoms with van der Waals surface area (Å²) in [7, 11) is 2.78. The summed E-state index contributed by atoms with van der Waals surface area (Å²) < 4.78 is 11.9. The minimum Gasteiger partial charge on any atom is -0.464 e. The first-order valence-electron chi connectivity index (χ1n) is 12.1. The summed E-state index contributed by atoms with van der Waals surface area (Å²) in [5, 5.41) is 8.06. The topological polar surface area (TPSA) is 110 Å². The maximum atomic E-state index is 13.0. The van der Waals surface area contributed by atoms with Crippen LogP contribution in [-0.2, 0) is 27.2 Å². The van der Waals surface area contributed by atoms with Gasteiger partial charge in [0, 0.05) is 42.7 Å². The Morgan fingerprint density at radius 1 is 1.19 bits per heavy atom. The number of carbonyl (C=O) groups excluding carboxylic acids is 2. The number of aryl methyl sites for hydroxylation is 2. The molecule has 3 N–H and O–H groups in total. The largest absolute Gasteiger partial charge is 0.464 e. The highest BCUT2D eigenvalue weighted by molar-refractivity contribution is 6.11. The lowest BCUT2D eigenvalue weighted by Crippen LogP contribution is -2.20. The molecule has 0 aliphatic rings. The van der Waals surface area contributed by atoms with Crippen molar-refractivity contribution in [3.63, 3.8) is 0 Å². The van der Waals surface area contributed by atoms with Crippen LogP contribution < -0.4 is 10.6 Å². The SMILES string of the molecule is CC[C@H](C)CNc1cnc2c(c1)c(NC(=O)COC)c(C(=O)OC)n2CCc1c[nH]c2ccccc12. The second-order valence-electron chi connectivity index (χ2n) is 8.95. The number of anilines is 2. The van der Waals surface area contributed by atoms with Crippen molar-refractivity contribution in [1.29, 1.82) is 0 Å². The Balaban J connectivity index is 1.78. The molecule has 0 saturated heterocycles. The Morgan fingerprint density at radius 3 is 2.75 bits per heavy atom. The van der Waals surface area contributed by atoms with Crippen LogP contribution in [0.3, 0.4) is 0 Å². The van der Waals surface area contributed by atoms with Crippen LogP contribution in [0.5, 0.6) is 0 Å². The zero-order valence-corrected chi connectivity index (χ0v) is 21.2. The number of ether oxygens (including phenoxy) is 2. The predicted molar refractivity (Wildman–Crippen MR) is 142 cm³/mol. The third-order valence-electron chi connectivity index (χ3n) is 6.45. The molecule has 0 spiro atoms. The van der Waals surface area contributed by atoms with Gasteiger partial charge in [0.1, 0.15) is 12.3 Å². The Kier molecular flexibility index (Phi) is 7.90. The Labute approximate surface area is 210 Å². The molecule has 1 aromatic carbocycles. The predicted octanol–water partition coefficient (Wildman–Crippen LogP) is 4.59. The van der Waals surface area contributed by atoms with Gasteiger partial charge in [-0.2, -0.15) is 0 Å². The summed E-state index contributed by atoms with van der Waals surface area (Å²) in [6, 6.07) is 10.0. The molecule has 3 aromatic heterocycles. The normalized spacial score (nSPS) is 12.1. The van der Waals surface area contributed by atoms with Gasteiger partial charge in [0.25, 0.3) is 0 Å². The van der Waals surface area contributed by atoms with Crippen LogP contribution >= 0.6 is 0 Å². The van der Waals surface area contributed by atoms with Gasteiger partial charge in [-0.05, 0) is 30.0 Å². The summed E-state index contributed by atoms with van der Waals surface area (Å²) in [5.74, 6) is -0.418. The van der Waals surface area contributed by atoms with E-state index < -0.39 is 5.97 Å². The number of aromatic nitrogens is 3. The van der Waals surface area contributed by atoms with Gasteiger partial charge in [-0.15, -0.1) is 0 Å². The zero-order chi connectivity index (χ0) is 25.7. The molecule has 3 heterocycles. The van der Waals surface area contributed by atoms with Crippen molar-refractivity contribution in [2.24, 2.45) is 5.92 Å². The van der Waals surface area contributed by atoms with Crippen LogP contribution in [-0.4, -0.2) is 53.8 Å². The first-order chi connectivity index (χ1) is 17.5. The lowest BCUT2D eigenvalue weighted by atomic mass is 10.1. The molecule has 1 atom stereocenters. The number of rotatable bonds is 11. The third-order valence-corrected chi connectivity index (χ3v) is 6.45. The summed E-state index contributed by atoms with van der Waals surface area (Å²) in [4.78, 5) is 33.5. The standard InChI is InChI=1S/C27H33N5O4/c1-5-17(2)13-28-19-12-21-24(31-23(33)16-35-3)25(27(34)36-4)32(26(21)30-15-19)11-10-18-14-29-22-9-7-6-8-20(18)22/h6-9,12,14-15,17,28-29H,5,10-11,13,16H2,1-4H3,(H,31,33)/t17-/m0/s1. The molecule has 0 unspecified atom stereocenters. The second kappa shape index (κ2) is 11.3. The smallest absolute Gasteiger partial charge is 0.356 e. The highest BCUT2D eigenvalue weighted by atomic mass is 16.5. The zero-order valence-electron chi connectivity index (χ0n) is 21.2. The summed E-state index contributed by atoms with van der Waals surface area (Å²) in [6.45, 7) is 5.44. The van der Waals surface area contributed by atoms with Crippen molar-refractivity contribution in [3.05, 3.63) is 54.0 Å². The minimum absolute atomic E-state index is 0.137. The van der Waals surface area contributed by atoms with Crippen molar-refractivity contribution in [3.8, 4) is 0 Å². The Morgan fingerprint density at radius 2 is 2.00 bits per heavy atom. The van der Waals surface area contributed by atoms with Gasteiger partial charge in [0.05, 0.1) is 24.7 Å². The molecule has 9 nitrogen and oxygen atoms in total. The molecule has 0 bridgehead atoms. The number of nitrogens with one attached hydrogen (secondary N) is 3. The average Bonchev–Trinajstić information content (AvgIpc) is 3.44. The fourth-order valence-electron chi connectivity index (χ4n) is 4.29. The van der Waals surface area contributed by atoms with E-state index >= 15 is 0 Å². The molecular weight excluding hydrogens is 458 g/mol. The van der Waals surface area contributed by atoms with E-state index in [9.17, 15) is 9.59 Å². The van der Waals surface area contributed by atoms with E-state index in [2.05, 4.69) is 35.5 Å². The number of hydrogen-bond donors (Lipinski definition) is 3. The molecule has 0 aliphatic heterocycles. The number of benzene rings is 1. The van der Waals surface area contributed by atoms with Gasteiger partial charge < -0.3 is 29.7 Å². The van der Waals surface area contributed by atoms with Crippen molar-refractivity contribution < 1.29 is 19.1 Å². The molecule has 4 rings (SSSR count). The first kappa shape index (κ1) is 25.2. The van der Waals surface area contributed by atoms with E-state index in [-0.39, 0.29) is 18.2 Å². The van der Waals surface area contributed by atoms with Crippen LogP contribution in [0.25, 0.3) is 21.9 Å². The lowest BCUT2D eigenvalue weighted by molar-refractivity contribution is -0.119. The van der Waals surface area contributed by atoms with Crippen molar-refractivity contribution in [2.45, 2.75) is 33.2 Å². The minimum atomic E-state index is -0.547. The molecule has 4 aromatic rings. The number of nitrogens with zero attached hydrogens (tertiary/aromatic N) is 2. The number of esters is 1. The molecule has 0 fully saturated rings. The van der Waals surface area contributed by atoms with E-state index in [1.54, 1.807) is 6.20 Å². The van der Waals surface area contributed by atoms with E-state index in [0.717, 1.165) is 35.1 Å². The van der Waals surface area contributed by atoms with Crippen LogP contribution in [0.15, 0.2) is 42.7 Å². The maximum Gasteiger partial charge on any atom is 0.356 e. The van der Waals surface area contributed by atoms with Gasteiger partial charge in [0.2, 0.25) is 5.91 Å². The molecule has 9 heteroatoms. The number of hydrogen-bond acceptors (Lipinski definition) is 6. The average molecular weight is 492 g/mol. The van der Waals surface area contributed by atoms with Gasteiger partial charge in [0.15, 0.2) is 5.69 Å². The Hall–Kier alpha value is -3.85. The lowest BCUT2D eigenvalue weighted by Gasteiger charge is -2.11. The molecule has 0 radical (unpaired) electrons. The van der Waals surface area contributed by atoms with Gasteiger partial charge in [-0.1, -0.05) is 38.5 Å². The number of H-pyrrole nitrogens is 1. The fourth-order valence-corrected chi connectivity index (χ4v) is 4.29.